The van der Waals surface area contributed by atoms with Crippen LogP contribution >= 0.6 is 0 Å². The Balaban J connectivity index is 1.63. The fourth-order valence-electron chi connectivity index (χ4n) is 2.63. The highest BCUT2D eigenvalue weighted by atomic mass is 16.6. The Hall–Kier alpha value is -4.02. The van der Waals surface area contributed by atoms with Gasteiger partial charge >= 0.3 is 5.97 Å². The van der Waals surface area contributed by atoms with Crippen LogP contribution in [0.3, 0.4) is 0 Å². The van der Waals surface area contributed by atoms with E-state index in [9.17, 15) is 19.7 Å². The minimum atomic E-state index is -0.691. The molecular weight excluding hydrogens is 382 g/mol. The van der Waals surface area contributed by atoms with Crippen LogP contribution in [-0.2, 0) is 16.1 Å². The van der Waals surface area contributed by atoms with Gasteiger partial charge in [0.2, 0.25) is 0 Å². The highest BCUT2D eigenvalue weighted by Crippen LogP contribution is 2.28. The summed E-state index contributed by atoms with van der Waals surface area (Å²) < 4.78 is 11.8. The number of rotatable bonds is 7. The maximum Gasteiger partial charge on any atom is 0.338 e. The van der Waals surface area contributed by atoms with Gasteiger partial charge in [0.1, 0.15) is 11.3 Å². The van der Waals surface area contributed by atoms with Crippen molar-refractivity contribution in [2.45, 2.75) is 13.5 Å². The number of carbonyl (C=O) groups excluding carboxylic acids is 2. The van der Waals surface area contributed by atoms with Gasteiger partial charge in [-0.1, -0.05) is 5.21 Å². The van der Waals surface area contributed by atoms with Crippen molar-refractivity contribution in [3.63, 3.8) is 0 Å². The van der Waals surface area contributed by atoms with Crippen LogP contribution in [0, 0.1) is 10.1 Å². The molecule has 3 rings (SSSR count). The Kier molecular flexibility index (Phi) is 5.67. The van der Waals surface area contributed by atoms with Gasteiger partial charge in [-0.05, 0) is 31.2 Å². The van der Waals surface area contributed by atoms with E-state index in [0.29, 0.717) is 12.1 Å². The number of methoxy groups -OCH3 is 1. The highest BCUT2D eigenvalue weighted by Gasteiger charge is 2.16. The Morgan fingerprint density at radius 2 is 2.03 bits per heavy atom. The molecule has 0 fully saturated rings. The van der Waals surface area contributed by atoms with Gasteiger partial charge in [-0.2, -0.15) is 0 Å². The fraction of sp³-hybridized carbons (Fsp3) is 0.222. The monoisotopic (exact) mass is 399 g/mol. The van der Waals surface area contributed by atoms with E-state index in [0.717, 1.165) is 5.52 Å². The summed E-state index contributed by atoms with van der Waals surface area (Å²) in [5.41, 5.74) is 1.60. The largest absolute Gasteiger partial charge is 0.494 e. The van der Waals surface area contributed by atoms with Crippen molar-refractivity contribution < 1.29 is 24.0 Å². The van der Waals surface area contributed by atoms with E-state index in [4.69, 9.17) is 9.47 Å². The Labute approximate surface area is 164 Å². The normalized spacial score (nSPS) is 10.6. The van der Waals surface area contributed by atoms with Gasteiger partial charge < -0.3 is 14.8 Å². The number of anilines is 1. The lowest BCUT2D eigenvalue weighted by molar-refractivity contribution is -0.384. The van der Waals surface area contributed by atoms with E-state index < -0.39 is 23.4 Å². The Morgan fingerprint density at radius 1 is 1.24 bits per heavy atom. The fourth-order valence-corrected chi connectivity index (χ4v) is 2.63. The van der Waals surface area contributed by atoms with Crippen molar-refractivity contribution in [1.82, 2.24) is 15.0 Å². The van der Waals surface area contributed by atoms with Crippen molar-refractivity contribution in [2.24, 2.45) is 0 Å². The molecule has 150 valence electrons. The first-order valence-corrected chi connectivity index (χ1v) is 8.55. The number of nitro groups is 1. The number of nitrogens with one attached hydrogen (secondary N) is 1. The number of non-ortho nitro benzene ring substituents is 1. The van der Waals surface area contributed by atoms with Crippen LogP contribution in [0.1, 0.15) is 17.3 Å². The predicted molar refractivity (Wildman–Crippen MR) is 102 cm³/mol. The van der Waals surface area contributed by atoms with Crippen molar-refractivity contribution in [1.29, 1.82) is 0 Å². The summed E-state index contributed by atoms with van der Waals surface area (Å²) in [7, 11) is 1.32. The summed E-state index contributed by atoms with van der Waals surface area (Å²) in [5, 5.41) is 21.2. The Morgan fingerprint density at radius 3 is 2.72 bits per heavy atom. The van der Waals surface area contributed by atoms with Gasteiger partial charge in [0.05, 0.1) is 34.9 Å². The molecule has 1 amide bonds. The number of ether oxygens (including phenoxy) is 2. The molecule has 1 heterocycles. The lowest BCUT2D eigenvalue weighted by atomic mass is 10.2. The van der Waals surface area contributed by atoms with Crippen LogP contribution in [0.15, 0.2) is 36.4 Å². The minimum Gasteiger partial charge on any atom is -0.494 e. The summed E-state index contributed by atoms with van der Waals surface area (Å²) in [6.07, 6.45) is 0. The number of amides is 1. The number of esters is 1. The van der Waals surface area contributed by atoms with Crippen molar-refractivity contribution >= 4 is 34.3 Å². The average Bonchev–Trinajstić information content (AvgIpc) is 3.14. The number of nitrogens with zero attached hydrogens (tertiary/aromatic N) is 4. The highest BCUT2D eigenvalue weighted by molar-refractivity contribution is 5.97. The van der Waals surface area contributed by atoms with Crippen molar-refractivity contribution in [2.75, 3.05) is 19.0 Å². The molecule has 0 unspecified atom stereocenters. The molecule has 1 N–H and O–H groups in total. The third-order valence-electron chi connectivity index (χ3n) is 4.05. The van der Waals surface area contributed by atoms with Crippen molar-refractivity contribution in [3.8, 4) is 5.75 Å². The van der Waals surface area contributed by atoms with E-state index in [1.54, 1.807) is 16.8 Å². The zero-order chi connectivity index (χ0) is 21.0. The molecule has 0 aliphatic carbocycles. The lowest BCUT2D eigenvalue weighted by Crippen LogP contribution is -2.21. The molecule has 0 aliphatic heterocycles. The van der Waals surface area contributed by atoms with Gasteiger partial charge in [0.15, 0.2) is 6.61 Å². The van der Waals surface area contributed by atoms with Crippen LogP contribution in [-0.4, -0.2) is 45.5 Å². The molecule has 0 saturated heterocycles. The van der Waals surface area contributed by atoms with E-state index in [-0.39, 0.29) is 22.7 Å². The molecule has 2 aromatic carbocycles. The number of nitro benzene ring substituents is 1. The first kappa shape index (κ1) is 19.7. The molecule has 0 bridgehead atoms. The predicted octanol–water partition coefficient (Wildman–Crippen LogP) is 2.16. The summed E-state index contributed by atoms with van der Waals surface area (Å²) in [6, 6.07) is 8.55. The van der Waals surface area contributed by atoms with E-state index in [1.165, 1.54) is 31.4 Å². The number of aromatic nitrogens is 3. The van der Waals surface area contributed by atoms with Crippen molar-refractivity contribution in [3.05, 3.63) is 52.1 Å². The molecule has 0 radical (unpaired) electrons. The second-order valence-corrected chi connectivity index (χ2v) is 5.87. The first-order chi connectivity index (χ1) is 13.9. The van der Waals surface area contributed by atoms with Crippen LogP contribution in [0.5, 0.6) is 5.75 Å². The molecule has 3 aromatic rings. The van der Waals surface area contributed by atoms with Gasteiger partial charge in [0.25, 0.3) is 11.6 Å². The van der Waals surface area contributed by atoms with Gasteiger partial charge in [-0.25, -0.2) is 9.48 Å². The van der Waals surface area contributed by atoms with Crippen LogP contribution < -0.4 is 10.1 Å². The average molecular weight is 399 g/mol. The molecule has 1 aromatic heterocycles. The zero-order valence-electron chi connectivity index (χ0n) is 15.6. The number of benzene rings is 2. The van der Waals surface area contributed by atoms with Gasteiger partial charge in [-0.15, -0.1) is 5.10 Å². The summed E-state index contributed by atoms with van der Waals surface area (Å²) >= 11 is 0. The lowest BCUT2D eigenvalue weighted by Gasteiger charge is -2.10. The second kappa shape index (κ2) is 8.33. The molecular formula is C18H17N5O6. The van der Waals surface area contributed by atoms with Gasteiger partial charge in [-0.3, -0.25) is 14.9 Å². The number of carbonyl (C=O) groups is 2. The summed E-state index contributed by atoms with van der Waals surface area (Å²) in [6.45, 7) is 2.03. The number of hydrogen-bond donors (Lipinski definition) is 1. The van der Waals surface area contributed by atoms with E-state index in [2.05, 4.69) is 15.6 Å². The van der Waals surface area contributed by atoms with E-state index >= 15 is 0 Å². The number of aryl methyl sites for hydroxylation is 1. The van der Waals surface area contributed by atoms with Crippen LogP contribution in [0.25, 0.3) is 11.0 Å². The third kappa shape index (κ3) is 4.29. The standard InChI is InChI=1S/C18H17N5O6/c1-3-22-15-7-4-11(8-14(15)20-21-22)18(25)29-10-17(24)19-13-6-5-12(23(26)27)9-16(13)28-2/h4-9H,3,10H2,1-2H3,(H,19,24). The Bertz CT molecular complexity index is 1090. The van der Waals surface area contributed by atoms with Crippen LogP contribution in [0.2, 0.25) is 0 Å². The topological polar surface area (TPSA) is 138 Å². The molecule has 29 heavy (non-hydrogen) atoms. The second-order valence-electron chi connectivity index (χ2n) is 5.87. The van der Waals surface area contributed by atoms with Crippen LogP contribution in [0.4, 0.5) is 11.4 Å². The molecule has 11 heteroatoms. The minimum absolute atomic E-state index is 0.114. The summed E-state index contributed by atoms with van der Waals surface area (Å²) in [5.74, 6) is -1.20. The third-order valence-corrected chi connectivity index (χ3v) is 4.05. The van der Waals surface area contributed by atoms with E-state index in [1.807, 2.05) is 6.92 Å². The number of hydrogen-bond acceptors (Lipinski definition) is 8. The van der Waals surface area contributed by atoms with Gasteiger partial charge in [0, 0.05) is 12.6 Å². The summed E-state index contributed by atoms with van der Waals surface area (Å²) in [4.78, 5) is 34.5. The number of fused-ring (bicyclic) bond motifs is 1. The molecule has 0 saturated carbocycles. The maximum atomic E-state index is 12.2. The SMILES string of the molecule is CCn1nnc2cc(C(=O)OCC(=O)Nc3ccc([N+](=O)[O-])cc3OC)ccc21. The molecule has 0 spiro atoms. The molecule has 0 atom stereocenters. The first-order valence-electron chi connectivity index (χ1n) is 8.55. The smallest absolute Gasteiger partial charge is 0.338 e. The molecule has 11 nitrogen and oxygen atoms in total. The quantitative estimate of drug-likeness (QED) is 0.362. The maximum absolute atomic E-state index is 12.2. The molecule has 0 aliphatic rings. The zero-order valence-corrected chi connectivity index (χ0v) is 15.6.